The van der Waals surface area contributed by atoms with Crippen LogP contribution in [0.2, 0.25) is 0 Å². The molecule has 4 nitrogen and oxygen atoms in total. The van der Waals surface area contributed by atoms with Crippen molar-refractivity contribution in [1.29, 1.82) is 0 Å². The third-order valence-electron chi connectivity index (χ3n) is 3.03. The lowest BCUT2D eigenvalue weighted by Gasteiger charge is -2.19. The number of nitrogens with one attached hydrogen (secondary N) is 2. The Kier molecular flexibility index (Phi) is 6.46. The summed E-state index contributed by atoms with van der Waals surface area (Å²) in [5.41, 5.74) is 1.06. The number of aromatic nitrogens is 1. The highest BCUT2D eigenvalue weighted by Gasteiger charge is 2.20. The van der Waals surface area contributed by atoms with Crippen molar-refractivity contribution in [3.8, 4) is 0 Å². The molecule has 114 valence electrons. The summed E-state index contributed by atoms with van der Waals surface area (Å²) in [4.78, 5) is 17.8. The normalized spacial score (nSPS) is 12.8. The maximum absolute atomic E-state index is 12.0. The molecule has 1 atom stereocenters. The van der Waals surface area contributed by atoms with Gasteiger partial charge in [0.15, 0.2) is 0 Å². The second-order valence-corrected chi connectivity index (χ2v) is 7.36. The Morgan fingerprint density at radius 1 is 1.20 bits per heavy atom. The number of urea groups is 1. The van der Waals surface area contributed by atoms with Gasteiger partial charge in [-0.05, 0) is 32.1 Å². The van der Waals surface area contributed by atoms with Gasteiger partial charge in [-0.1, -0.05) is 27.7 Å². The maximum atomic E-state index is 12.0. The molecule has 1 aromatic heterocycles. The Bertz CT molecular complexity index is 421. The molecule has 0 saturated carbocycles. The first-order valence-electron chi connectivity index (χ1n) is 7.27. The van der Waals surface area contributed by atoms with Crippen LogP contribution in [0.15, 0.2) is 0 Å². The molecule has 5 heteroatoms. The Hall–Kier alpha value is -1.10. The van der Waals surface area contributed by atoms with Crippen molar-refractivity contribution < 1.29 is 4.79 Å². The second kappa shape index (κ2) is 7.62. The summed E-state index contributed by atoms with van der Waals surface area (Å²) < 4.78 is 0. The first-order valence-corrected chi connectivity index (χ1v) is 8.09. The van der Waals surface area contributed by atoms with E-state index in [4.69, 9.17) is 0 Å². The summed E-state index contributed by atoms with van der Waals surface area (Å²) in [6.07, 6.45) is 0.904. The number of aryl methyl sites for hydroxylation is 2. The fraction of sp³-hybridized carbons (Fsp3) is 0.733. The van der Waals surface area contributed by atoms with Crippen LogP contribution in [0.1, 0.15) is 55.7 Å². The number of hydrogen-bond donors (Lipinski definition) is 2. The van der Waals surface area contributed by atoms with E-state index >= 15 is 0 Å². The summed E-state index contributed by atoms with van der Waals surface area (Å²) in [6, 6.07) is -0.102. The molecule has 0 bridgehead atoms. The van der Waals surface area contributed by atoms with E-state index in [0.717, 1.165) is 17.1 Å². The molecule has 1 aromatic rings. The predicted octanol–water partition coefficient (Wildman–Crippen LogP) is 3.80. The highest BCUT2D eigenvalue weighted by atomic mass is 32.1. The molecular weight excluding hydrogens is 270 g/mol. The highest BCUT2D eigenvalue weighted by molar-refractivity contribution is 7.11. The van der Waals surface area contributed by atoms with Crippen LogP contribution in [0.5, 0.6) is 0 Å². The van der Waals surface area contributed by atoms with Gasteiger partial charge in [0, 0.05) is 11.4 Å². The van der Waals surface area contributed by atoms with E-state index in [2.05, 4.69) is 50.2 Å². The molecule has 1 unspecified atom stereocenters. The number of carbonyl (C=O) groups is 1. The Labute approximate surface area is 126 Å². The number of hydrogen-bond acceptors (Lipinski definition) is 3. The molecule has 20 heavy (non-hydrogen) atoms. The molecular formula is C15H27N3OS. The molecule has 0 aliphatic carbocycles. The Morgan fingerprint density at radius 2 is 1.85 bits per heavy atom. The van der Waals surface area contributed by atoms with E-state index in [1.165, 1.54) is 4.88 Å². The molecule has 2 amide bonds. The van der Waals surface area contributed by atoms with Gasteiger partial charge in [0.05, 0.1) is 11.7 Å². The molecule has 0 spiro atoms. The van der Waals surface area contributed by atoms with Crippen LogP contribution in [0, 0.1) is 25.7 Å². The van der Waals surface area contributed by atoms with Crippen molar-refractivity contribution in [3.05, 3.63) is 15.6 Å². The van der Waals surface area contributed by atoms with Crippen molar-refractivity contribution in [1.82, 2.24) is 15.6 Å². The van der Waals surface area contributed by atoms with Gasteiger partial charge in [-0.15, -0.1) is 11.3 Å². The van der Waals surface area contributed by atoms with Crippen LogP contribution >= 0.6 is 11.3 Å². The minimum absolute atomic E-state index is 0.000405. The third-order valence-corrected chi connectivity index (χ3v) is 4.21. The monoisotopic (exact) mass is 297 g/mol. The summed E-state index contributed by atoms with van der Waals surface area (Å²) >= 11 is 1.68. The zero-order chi connectivity index (χ0) is 15.3. The topological polar surface area (TPSA) is 54.0 Å². The van der Waals surface area contributed by atoms with E-state index in [1.54, 1.807) is 11.3 Å². The Balaban J connectivity index is 2.72. The number of nitrogens with zero attached hydrogens (tertiary/aromatic N) is 1. The smallest absolute Gasteiger partial charge is 0.315 e. The van der Waals surface area contributed by atoms with Gasteiger partial charge >= 0.3 is 6.03 Å². The zero-order valence-corrected chi connectivity index (χ0v) is 14.2. The fourth-order valence-electron chi connectivity index (χ4n) is 1.85. The van der Waals surface area contributed by atoms with Crippen molar-refractivity contribution >= 4 is 17.4 Å². The van der Waals surface area contributed by atoms with Gasteiger partial charge in [-0.2, -0.15) is 0 Å². The minimum atomic E-state index is -0.102. The number of carbonyl (C=O) groups excluding carboxylic acids is 1. The van der Waals surface area contributed by atoms with Gasteiger partial charge in [0.1, 0.15) is 5.01 Å². The number of thiazole rings is 1. The van der Waals surface area contributed by atoms with Crippen LogP contribution in [0.25, 0.3) is 0 Å². The lowest BCUT2D eigenvalue weighted by molar-refractivity contribution is 0.233. The molecule has 0 radical (unpaired) electrons. The molecule has 0 aliphatic heterocycles. The number of amides is 2. The molecule has 0 aromatic carbocycles. The van der Waals surface area contributed by atoms with E-state index in [-0.39, 0.29) is 12.1 Å². The summed E-state index contributed by atoms with van der Waals surface area (Å²) in [6.45, 7) is 13.3. The SMILES string of the molecule is Cc1nc(C(CC(C)C)NC(=O)NCC(C)C)sc1C. The van der Waals surface area contributed by atoms with Crippen molar-refractivity contribution in [2.75, 3.05) is 6.54 Å². The van der Waals surface area contributed by atoms with Gasteiger partial charge < -0.3 is 10.6 Å². The molecule has 0 fully saturated rings. The second-order valence-electron chi connectivity index (χ2n) is 6.12. The van der Waals surface area contributed by atoms with Gasteiger partial charge in [0.25, 0.3) is 0 Å². The van der Waals surface area contributed by atoms with Gasteiger partial charge in [-0.3, -0.25) is 0 Å². The van der Waals surface area contributed by atoms with Crippen molar-refractivity contribution in [2.24, 2.45) is 11.8 Å². The average Bonchev–Trinajstić information content (AvgIpc) is 2.66. The van der Waals surface area contributed by atoms with Crippen LogP contribution in [-0.4, -0.2) is 17.6 Å². The van der Waals surface area contributed by atoms with Gasteiger partial charge in [-0.25, -0.2) is 9.78 Å². The maximum Gasteiger partial charge on any atom is 0.315 e. The predicted molar refractivity (Wildman–Crippen MR) is 85.2 cm³/mol. The van der Waals surface area contributed by atoms with Crippen LogP contribution in [-0.2, 0) is 0 Å². The van der Waals surface area contributed by atoms with E-state index in [9.17, 15) is 4.79 Å². The van der Waals surface area contributed by atoms with E-state index in [0.29, 0.717) is 18.4 Å². The third kappa shape index (κ3) is 5.49. The zero-order valence-electron chi connectivity index (χ0n) is 13.4. The lowest BCUT2D eigenvalue weighted by atomic mass is 10.0. The van der Waals surface area contributed by atoms with Crippen LogP contribution in [0.3, 0.4) is 0 Å². The van der Waals surface area contributed by atoms with E-state index in [1.807, 2.05) is 6.92 Å². The van der Waals surface area contributed by atoms with Crippen molar-refractivity contribution in [3.63, 3.8) is 0 Å². The first-order chi connectivity index (χ1) is 9.29. The summed E-state index contributed by atoms with van der Waals surface area (Å²) in [5.74, 6) is 0.962. The molecule has 0 saturated heterocycles. The molecule has 1 heterocycles. The van der Waals surface area contributed by atoms with E-state index < -0.39 is 0 Å². The fourth-order valence-corrected chi connectivity index (χ4v) is 2.83. The minimum Gasteiger partial charge on any atom is -0.338 e. The molecule has 1 rings (SSSR count). The quantitative estimate of drug-likeness (QED) is 0.839. The van der Waals surface area contributed by atoms with Crippen LogP contribution in [0.4, 0.5) is 4.79 Å². The van der Waals surface area contributed by atoms with Crippen molar-refractivity contribution in [2.45, 2.75) is 54.0 Å². The standard InChI is InChI=1S/C15H27N3OS/c1-9(2)7-13(14-17-11(5)12(6)20-14)18-15(19)16-8-10(3)4/h9-10,13H,7-8H2,1-6H3,(H2,16,18,19). The number of rotatable bonds is 6. The summed E-state index contributed by atoms with van der Waals surface area (Å²) in [5, 5.41) is 6.97. The molecule has 2 N–H and O–H groups in total. The largest absolute Gasteiger partial charge is 0.338 e. The first kappa shape index (κ1) is 17.0. The molecule has 0 aliphatic rings. The highest BCUT2D eigenvalue weighted by Crippen LogP contribution is 2.27. The average molecular weight is 297 g/mol. The van der Waals surface area contributed by atoms with Crippen LogP contribution < -0.4 is 10.6 Å². The lowest BCUT2D eigenvalue weighted by Crippen LogP contribution is -2.39. The van der Waals surface area contributed by atoms with Gasteiger partial charge in [0.2, 0.25) is 0 Å². The summed E-state index contributed by atoms with van der Waals surface area (Å²) in [7, 11) is 0. The Morgan fingerprint density at radius 3 is 2.30 bits per heavy atom.